The van der Waals surface area contributed by atoms with Crippen LogP contribution >= 0.6 is 0 Å². The van der Waals surface area contributed by atoms with E-state index in [0.717, 1.165) is 19.3 Å². The minimum absolute atomic E-state index is 0.151. The van der Waals surface area contributed by atoms with Gasteiger partial charge in [-0.15, -0.1) is 0 Å². The first-order valence-electron chi connectivity index (χ1n) is 10.8. The highest BCUT2D eigenvalue weighted by Gasteiger charge is 2.34. The first kappa shape index (κ1) is 23.4. The lowest BCUT2D eigenvalue weighted by Crippen LogP contribution is -2.40. The number of hydrogen-bond donors (Lipinski definition) is 0. The molecule has 0 aliphatic carbocycles. The molecule has 1 aliphatic rings. The van der Waals surface area contributed by atoms with E-state index in [0.29, 0.717) is 12.2 Å². The third-order valence-corrected chi connectivity index (χ3v) is 7.09. The van der Waals surface area contributed by atoms with E-state index in [1.807, 2.05) is 0 Å². The third kappa shape index (κ3) is 6.84. The number of sulfonamides is 1. The molecule has 0 saturated carbocycles. The number of ether oxygens (including phenoxy) is 1. The fourth-order valence-corrected chi connectivity index (χ4v) is 5.16. The summed E-state index contributed by atoms with van der Waals surface area (Å²) >= 11 is 0. The van der Waals surface area contributed by atoms with Gasteiger partial charge in [-0.25, -0.2) is 13.4 Å². The van der Waals surface area contributed by atoms with Gasteiger partial charge in [0.05, 0.1) is 12.8 Å². The van der Waals surface area contributed by atoms with Crippen LogP contribution in [0.25, 0.3) is 0 Å². The number of carbonyl (C=O) groups excluding carboxylic acids is 1. The van der Waals surface area contributed by atoms with E-state index >= 15 is 0 Å². The number of carbonyl (C=O) groups is 1. The van der Waals surface area contributed by atoms with Crippen molar-refractivity contribution in [2.45, 2.75) is 82.4 Å². The quantitative estimate of drug-likeness (QED) is 0.323. The molecule has 0 radical (unpaired) electrons. The van der Waals surface area contributed by atoms with Crippen LogP contribution in [0.1, 0.15) is 77.6 Å². The predicted molar refractivity (Wildman–Crippen MR) is 116 cm³/mol. The lowest BCUT2D eigenvalue weighted by Gasteiger charge is -2.29. The Kier molecular flexibility index (Phi) is 9.64. The molecule has 162 valence electrons. The van der Waals surface area contributed by atoms with Crippen LogP contribution in [0.5, 0.6) is 0 Å². The summed E-state index contributed by atoms with van der Waals surface area (Å²) in [5.74, 6) is -0.252. The molecule has 0 amide bonds. The second kappa shape index (κ2) is 12.0. The van der Waals surface area contributed by atoms with Crippen molar-refractivity contribution in [2.24, 2.45) is 4.99 Å². The molecule has 1 aliphatic heterocycles. The van der Waals surface area contributed by atoms with E-state index in [4.69, 9.17) is 4.74 Å². The van der Waals surface area contributed by atoms with Crippen LogP contribution in [-0.2, 0) is 19.6 Å². The first-order chi connectivity index (χ1) is 14.0. The third-order valence-electron chi connectivity index (χ3n) is 5.22. The Hall–Kier alpha value is -1.89. The van der Waals surface area contributed by atoms with Gasteiger partial charge < -0.3 is 4.74 Å². The van der Waals surface area contributed by atoms with E-state index in [1.54, 1.807) is 24.3 Å². The summed E-state index contributed by atoms with van der Waals surface area (Å²) in [5, 5.41) is 0. The van der Waals surface area contributed by atoms with Gasteiger partial charge in [-0.3, -0.25) is 9.10 Å². The minimum atomic E-state index is -3.70. The highest BCUT2D eigenvalue weighted by Crippen LogP contribution is 2.33. The summed E-state index contributed by atoms with van der Waals surface area (Å²) in [7, 11) is -2.41. The van der Waals surface area contributed by atoms with Gasteiger partial charge in [0.25, 0.3) is 10.0 Å². The van der Waals surface area contributed by atoms with E-state index in [-0.39, 0.29) is 17.2 Å². The number of unbranched alkanes of at least 4 members (excludes halogenated alkanes) is 9. The zero-order valence-corrected chi connectivity index (χ0v) is 18.5. The summed E-state index contributed by atoms with van der Waals surface area (Å²) in [6.07, 6.45) is 11.6. The number of esters is 1. The maximum Gasteiger partial charge on any atom is 0.313 e. The van der Waals surface area contributed by atoms with Crippen LogP contribution in [0.2, 0.25) is 0 Å². The molecule has 1 heterocycles. The number of fused-ring (bicyclic) bond motifs is 1. The van der Waals surface area contributed by atoms with Crippen molar-refractivity contribution in [1.29, 1.82) is 0 Å². The Labute approximate surface area is 175 Å². The van der Waals surface area contributed by atoms with Gasteiger partial charge in [0.1, 0.15) is 17.2 Å². The molecule has 0 spiro atoms. The van der Waals surface area contributed by atoms with Gasteiger partial charge in [-0.1, -0.05) is 76.8 Å². The number of amidine groups is 1. The Balaban J connectivity index is 1.89. The molecule has 0 fully saturated rings. The van der Waals surface area contributed by atoms with Crippen LogP contribution < -0.4 is 0 Å². The molecule has 0 saturated heterocycles. The maximum absolute atomic E-state index is 13.1. The summed E-state index contributed by atoms with van der Waals surface area (Å²) < 4.78 is 32.1. The van der Waals surface area contributed by atoms with Gasteiger partial charge in [0.15, 0.2) is 0 Å². The molecule has 1 aromatic carbocycles. The molecular formula is C22H34N2O4S. The van der Waals surface area contributed by atoms with E-state index in [1.165, 1.54) is 56.4 Å². The van der Waals surface area contributed by atoms with E-state index in [9.17, 15) is 13.2 Å². The number of para-hydroxylation sites is 1. The number of benzene rings is 1. The molecule has 6 nitrogen and oxygen atoms in total. The summed E-state index contributed by atoms with van der Waals surface area (Å²) in [4.78, 5) is 16.4. The topological polar surface area (TPSA) is 76.0 Å². The zero-order chi connectivity index (χ0) is 21.1. The second-order valence-electron chi connectivity index (χ2n) is 7.51. The van der Waals surface area contributed by atoms with Gasteiger partial charge in [-0.2, -0.15) is 0 Å². The summed E-state index contributed by atoms with van der Waals surface area (Å²) in [5.41, 5.74) is 0.380. The summed E-state index contributed by atoms with van der Waals surface area (Å²) in [6.45, 7) is 2.56. The maximum atomic E-state index is 13.1. The lowest BCUT2D eigenvalue weighted by molar-refractivity contribution is -0.139. The molecule has 0 atom stereocenters. The Morgan fingerprint density at radius 2 is 1.55 bits per heavy atom. The molecule has 29 heavy (non-hydrogen) atoms. The first-order valence-corrected chi connectivity index (χ1v) is 12.2. The van der Waals surface area contributed by atoms with Crippen molar-refractivity contribution >= 4 is 27.5 Å². The van der Waals surface area contributed by atoms with Crippen molar-refractivity contribution in [2.75, 3.05) is 13.7 Å². The summed E-state index contributed by atoms with van der Waals surface area (Å²) in [6, 6.07) is 6.65. The largest absolute Gasteiger partial charge is 0.469 e. The fourth-order valence-electron chi connectivity index (χ4n) is 3.54. The van der Waals surface area contributed by atoms with Crippen molar-refractivity contribution in [1.82, 2.24) is 4.31 Å². The monoisotopic (exact) mass is 422 g/mol. The lowest BCUT2D eigenvalue weighted by atomic mass is 10.1. The minimum Gasteiger partial charge on any atom is -0.469 e. The predicted octanol–water partition coefficient (Wildman–Crippen LogP) is 5.20. The molecule has 0 N–H and O–H groups in total. The Bertz CT molecular complexity index is 790. The highest BCUT2D eigenvalue weighted by molar-refractivity contribution is 7.90. The number of nitrogens with zero attached hydrogens (tertiary/aromatic N) is 2. The van der Waals surface area contributed by atoms with Crippen LogP contribution in [0.4, 0.5) is 5.69 Å². The molecular weight excluding hydrogens is 388 g/mol. The van der Waals surface area contributed by atoms with E-state index in [2.05, 4.69) is 11.9 Å². The van der Waals surface area contributed by atoms with Gasteiger partial charge in [0, 0.05) is 6.54 Å². The van der Waals surface area contributed by atoms with Crippen molar-refractivity contribution < 1.29 is 17.9 Å². The molecule has 0 bridgehead atoms. The number of rotatable bonds is 13. The van der Waals surface area contributed by atoms with Gasteiger partial charge in [0.2, 0.25) is 0 Å². The number of hydrogen-bond acceptors (Lipinski definition) is 5. The number of aliphatic imine (C=N–C) groups is 1. The van der Waals surface area contributed by atoms with Crippen LogP contribution in [0.15, 0.2) is 34.2 Å². The van der Waals surface area contributed by atoms with Crippen LogP contribution in [0.3, 0.4) is 0 Å². The Morgan fingerprint density at radius 1 is 0.966 bits per heavy atom. The van der Waals surface area contributed by atoms with Crippen molar-refractivity contribution in [3.8, 4) is 0 Å². The highest BCUT2D eigenvalue weighted by atomic mass is 32.2. The second-order valence-corrected chi connectivity index (χ2v) is 9.34. The zero-order valence-electron chi connectivity index (χ0n) is 17.7. The molecule has 0 aromatic heterocycles. The molecule has 7 heteroatoms. The van der Waals surface area contributed by atoms with Gasteiger partial charge >= 0.3 is 5.97 Å². The normalized spacial score (nSPS) is 15.0. The average molecular weight is 423 g/mol. The Morgan fingerprint density at radius 3 is 2.17 bits per heavy atom. The molecule has 0 unspecified atom stereocenters. The SMILES string of the molecule is CCCCCCCCCCCCN1C(CC(=O)OC)=Nc2ccccc2S1(=O)=O. The number of methoxy groups -OCH3 is 1. The van der Waals surface area contributed by atoms with E-state index < -0.39 is 16.0 Å². The van der Waals surface area contributed by atoms with Crippen LogP contribution in [-0.4, -0.2) is 38.2 Å². The van der Waals surface area contributed by atoms with Crippen molar-refractivity contribution in [3.05, 3.63) is 24.3 Å². The van der Waals surface area contributed by atoms with Crippen LogP contribution in [0, 0.1) is 0 Å². The van der Waals surface area contributed by atoms with Gasteiger partial charge in [-0.05, 0) is 18.6 Å². The standard InChI is InChI=1S/C22H34N2O4S/c1-3-4-5-6-7-8-9-10-11-14-17-24-21(18-22(25)28-2)23-19-15-12-13-16-20(19)29(24,26)27/h12-13,15-16H,3-11,14,17-18H2,1-2H3. The molecule has 2 rings (SSSR count). The average Bonchev–Trinajstić information content (AvgIpc) is 2.71. The fraction of sp³-hybridized carbons (Fsp3) is 0.636. The van der Waals surface area contributed by atoms with Crippen molar-refractivity contribution in [3.63, 3.8) is 0 Å². The molecule has 1 aromatic rings. The smallest absolute Gasteiger partial charge is 0.313 e.